The summed E-state index contributed by atoms with van der Waals surface area (Å²) in [5.41, 5.74) is 3.97. The number of ether oxygens (including phenoxy) is 1. The average Bonchev–Trinajstić information content (AvgIpc) is 2.86. The van der Waals surface area contributed by atoms with Gasteiger partial charge in [0.2, 0.25) is 0 Å². The Labute approximate surface area is 152 Å². The highest BCUT2D eigenvalue weighted by Gasteiger charge is 2.56. The van der Waals surface area contributed by atoms with E-state index in [1.807, 2.05) is 4.68 Å². The lowest BCUT2D eigenvalue weighted by Crippen LogP contribution is -2.64. The van der Waals surface area contributed by atoms with Crippen molar-refractivity contribution in [3.05, 3.63) is 17.0 Å². The molecule has 1 N–H and O–H groups in total. The zero-order chi connectivity index (χ0) is 18.0. The summed E-state index contributed by atoms with van der Waals surface area (Å²) >= 11 is 0. The lowest BCUT2D eigenvalue weighted by molar-refractivity contribution is -0.180. The highest BCUT2D eigenvalue weighted by Crippen LogP contribution is 2.55. The fraction of sp³-hybridized carbons (Fsp3) is 0.850. The van der Waals surface area contributed by atoms with Crippen molar-refractivity contribution in [3.8, 4) is 0 Å². The van der Waals surface area contributed by atoms with E-state index in [1.165, 1.54) is 43.4 Å². The van der Waals surface area contributed by atoms with E-state index in [-0.39, 0.29) is 6.61 Å². The molecule has 25 heavy (non-hydrogen) atoms. The summed E-state index contributed by atoms with van der Waals surface area (Å²) in [6.07, 6.45) is 8.31. The summed E-state index contributed by atoms with van der Waals surface area (Å²) < 4.78 is 8.06. The Hall–Kier alpha value is -0.910. The molecule has 2 atom stereocenters. The molecule has 2 unspecified atom stereocenters. The van der Waals surface area contributed by atoms with Gasteiger partial charge in [0.15, 0.2) is 0 Å². The zero-order valence-electron chi connectivity index (χ0n) is 16.4. The molecule has 3 rings (SSSR count). The number of aliphatic hydroxyl groups is 1. The van der Waals surface area contributed by atoms with E-state index >= 15 is 0 Å². The Morgan fingerprint density at radius 2 is 2.00 bits per heavy atom. The van der Waals surface area contributed by atoms with E-state index < -0.39 is 0 Å². The van der Waals surface area contributed by atoms with Crippen LogP contribution in [0.25, 0.3) is 0 Å². The molecule has 0 saturated heterocycles. The molecule has 1 aromatic heterocycles. The molecule has 1 heterocycles. The van der Waals surface area contributed by atoms with Gasteiger partial charge < -0.3 is 9.84 Å². The fourth-order valence-corrected chi connectivity index (χ4v) is 5.28. The Bertz CT molecular complexity index is 578. The van der Waals surface area contributed by atoms with Crippen LogP contribution < -0.4 is 0 Å². The van der Waals surface area contributed by atoms with E-state index in [0.717, 1.165) is 25.3 Å². The number of aromatic nitrogens is 2. The van der Waals surface area contributed by atoms with Crippen molar-refractivity contribution in [1.29, 1.82) is 0 Å². The molecule has 0 aliphatic heterocycles. The third-order valence-electron chi connectivity index (χ3n) is 6.68. The third kappa shape index (κ3) is 3.38. The number of rotatable bonds is 7. The minimum Gasteiger partial charge on any atom is -0.394 e. The minimum absolute atomic E-state index is 0.138. The van der Waals surface area contributed by atoms with Crippen LogP contribution in [0.5, 0.6) is 0 Å². The molecule has 0 bridgehead atoms. The van der Waals surface area contributed by atoms with Crippen molar-refractivity contribution in [1.82, 2.24) is 14.7 Å². The predicted molar refractivity (Wildman–Crippen MR) is 99.6 cm³/mol. The lowest BCUT2D eigenvalue weighted by atomic mass is 9.54. The predicted octanol–water partition coefficient (Wildman–Crippen LogP) is 3.05. The van der Waals surface area contributed by atoms with Gasteiger partial charge in [-0.05, 0) is 47.1 Å². The van der Waals surface area contributed by atoms with Crippen molar-refractivity contribution in [2.75, 3.05) is 20.3 Å². The van der Waals surface area contributed by atoms with Gasteiger partial charge in [-0.1, -0.05) is 19.3 Å². The number of hydrogen-bond donors (Lipinski definition) is 1. The SMILES string of the molecule is CCOC1CC(N(C)Cc2c(C)nn(CCO)c2C)C12CCCCC2. The lowest BCUT2D eigenvalue weighted by Gasteiger charge is -2.60. The van der Waals surface area contributed by atoms with E-state index in [2.05, 4.69) is 37.8 Å². The van der Waals surface area contributed by atoms with Gasteiger partial charge in [0.05, 0.1) is 24.9 Å². The number of nitrogens with zero attached hydrogens (tertiary/aromatic N) is 3. The van der Waals surface area contributed by atoms with E-state index in [0.29, 0.717) is 24.1 Å². The molecule has 0 radical (unpaired) electrons. The van der Waals surface area contributed by atoms with Gasteiger partial charge in [-0.15, -0.1) is 0 Å². The average molecular weight is 350 g/mol. The van der Waals surface area contributed by atoms with Gasteiger partial charge in [0, 0.05) is 35.9 Å². The first-order valence-electron chi connectivity index (χ1n) is 9.99. The van der Waals surface area contributed by atoms with Crippen LogP contribution in [0, 0.1) is 19.3 Å². The van der Waals surface area contributed by atoms with Gasteiger partial charge in [-0.2, -0.15) is 5.10 Å². The van der Waals surface area contributed by atoms with Gasteiger partial charge >= 0.3 is 0 Å². The second kappa shape index (κ2) is 7.77. The van der Waals surface area contributed by atoms with Crippen molar-refractivity contribution in [2.24, 2.45) is 5.41 Å². The Morgan fingerprint density at radius 1 is 1.28 bits per heavy atom. The summed E-state index contributed by atoms with van der Waals surface area (Å²) in [7, 11) is 2.27. The molecule has 1 spiro atoms. The first kappa shape index (κ1) is 18.9. The molecular formula is C20H35N3O2. The summed E-state index contributed by atoms with van der Waals surface area (Å²) in [6, 6.07) is 0.615. The summed E-state index contributed by atoms with van der Waals surface area (Å²) in [5, 5.41) is 13.8. The molecule has 5 nitrogen and oxygen atoms in total. The molecule has 5 heteroatoms. The van der Waals surface area contributed by atoms with Crippen LogP contribution in [0.3, 0.4) is 0 Å². The van der Waals surface area contributed by atoms with E-state index in [1.54, 1.807) is 0 Å². The van der Waals surface area contributed by atoms with Gasteiger partial charge in [-0.3, -0.25) is 9.58 Å². The molecule has 2 saturated carbocycles. The standard InChI is InChI=1S/C20H35N3O2/c1-5-25-19-13-18(20(19)9-7-6-8-10-20)22(4)14-17-15(2)21-23(11-12-24)16(17)3/h18-19,24H,5-14H2,1-4H3. The topological polar surface area (TPSA) is 50.5 Å². The van der Waals surface area contributed by atoms with Crippen LogP contribution in [-0.2, 0) is 17.8 Å². The second-order valence-electron chi connectivity index (χ2n) is 8.00. The van der Waals surface area contributed by atoms with Crippen molar-refractivity contribution in [3.63, 3.8) is 0 Å². The van der Waals surface area contributed by atoms with Crippen LogP contribution in [-0.4, -0.2) is 52.2 Å². The molecule has 1 aromatic rings. The van der Waals surface area contributed by atoms with Gasteiger partial charge in [0.25, 0.3) is 0 Å². The largest absolute Gasteiger partial charge is 0.394 e. The summed E-state index contributed by atoms with van der Waals surface area (Å²) in [6.45, 7) is 8.82. The molecule has 2 aliphatic rings. The Kier molecular flexibility index (Phi) is 5.86. The Morgan fingerprint density at radius 3 is 2.64 bits per heavy atom. The second-order valence-corrected chi connectivity index (χ2v) is 8.00. The van der Waals surface area contributed by atoms with Crippen molar-refractivity contribution in [2.45, 2.75) is 84.5 Å². The van der Waals surface area contributed by atoms with Crippen molar-refractivity contribution < 1.29 is 9.84 Å². The zero-order valence-corrected chi connectivity index (χ0v) is 16.4. The molecule has 142 valence electrons. The quantitative estimate of drug-likeness (QED) is 0.822. The van der Waals surface area contributed by atoms with Gasteiger partial charge in [-0.25, -0.2) is 0 Å². The normalized spacial score (nSPS) is 25.5. The number of hydrogen-bond acceptors (Lipinski definition) is 4. The first-order chi connectivity index (χ1) is 12.0. The third-order valence-corrected chi connectivity index (χ3v) is 6.68. The number of aliphatic hydroxyl groups excluding tert-OH is 1. The van der Waals surface area contributed by atoms with Crippen LogP contribution in [0.15, 0.2) is 0 Å². The van der Waals surface area contributed by atoms with Crippen LogP contribution in [0.1, 0.15) is 62.4 Å². The van der Waals surface area contributed by atoms with Crippen LogP contribution in [0.2, 0.25) is 0 Å². The molecule has 2 fully saturated rings. The maximum absolute atomic E-state index is 9.22. The summed E-state index contributed by atoms with van der Waals surface area (Å²) in [5.74, 6) is 0. The van der Waals surface area contributed by atoms with Gasteiger partial charge in [0.1, 0.15) is 0 Å². The van der Waals surface area contributed by atoms with E-state index in [4.69, 9.17) is 4.74 Å². The monoisotopic (exact) mass is 349 g/mol. The smallest absolute Gasteiger partial charge is 0.0661 e. The minimum atomic E-state index is 0.138. The summed E-state index contributed by atoms with van der Waals surface area (Å²) in [4.78, 5) is 2.54. The maximum atomic E-state index is 9.22. The molecular weight excluding hydrogens is 314 g/mol. The molecule has 2 aliphatic carbocycles. The van der Waals surface area contributed by atoms with Crippen molar-refractivity contribution >= 4 is 0 Å². The van der Waals surface area contributed by atoms with Crippen LogP contribution in [0.4, 0.5) is 0 Å². The van der Waals surface area contributed by atoms with E-state index in [9.17, 15) is 5.11 Å². The highest BCUT2D eigenvalue weighted by molar-refractivity contribution is 5.25. The van der Waals surface area contributed by atoms with Crippen LogP contribution >= 0.6 is 0 Å². The number of aryl methyl sites for hydroxylation is 1. The Balaban J connectivity index is 1.74. The molecule has 0 aromatic carbocycles. The fourth-order valence-electron chi connectivity index (χ4n) is 5.28. The molecule has 0 amide bonds. The highest BCUT2D eigenvalue weighted by atomic mass is 16.5. The first-order valence-corrected chi connectivity index (χ1v) is 9.99. The maximum Gasteiger partial charge on any atom is 0.0661 e.